The minimum absolute atomic E-state index is 0.00798. The average molecular weight is 322 g/mol. The Bertz CT molecular complexity index is 494. The molecule has 0 spiro atoms. The van der Waals surface area contributed by atoms with Crippen molar-refractivity contribution in [1.82, 2.24) is 10.6 Å². The maximum atomic E-state index is 13.2. The fraction of sp³-hybridized carbons (Fsp3) is 0.667. The van der Waals surface area contributed by atoms with Gasteiger partial charge >= 0.3 is 0 Å². The summed E-state index contributed by atoms with van der Waals surface area (Å²) >= 11 is 0. The number of nitrogens with one attached hydrogen (secondary N) is 2. The first kappa shape index (κ1) is 16.7. The standard InChI is InChI=1S/C18H27FN2O2/c1-13(23-15-5-2-4-14(19)10-15)11-21-17-7-3-6-16(17)18-12-22-9-8-20-18/h2,4-5,10,13,16-18,20-21H,3,6-9,11-12H2,1H3. The summed E-state index contributed by atoms with van der Waals surface area (Å²) in [6.07, 6.45) is 3.72. The zero-order valence-electron chi connectivity index (χ0n) is 13.8. The molecule has 2 fully saturated rings. The minimum Gasteiger partial charge on any atom is -0.489 e. The van der Waals surface area contributed by atoms with Gasteiger partial charge in [-0.25, -0.2) is 4.39 Å². The molecule has 2 aliphatic rings. The van der Waals surface area contributed by atoms with Crippen molar-refractivity contribution in [1.29, 1.82) is 0 Å². The molecule has 0 aromatic heterocycles. The molecule has 4 atom stereocenters. The summed E-state index contributed by atoms with van der Waals surface area (Å²) in [6.45, 7) is 5.38. The topological polar surface area (TPSA) is 42.5 Å². The third kappa shape index (κ3) is 4.66. The maximum absolute atomic E-state index is 13.2. The molecule has 4 unspecified atom stereocenters. The van der Waals surface area contributed by atoms with E-state index in [1.54, 1.807) is 12.1 Å². The van der Waals surface area contributed by atoms with Crippen LogP contribution in [0.3, 0.4) is 0 Å². The lowest BCUT2D eigenvalue weighted by Crippen LogP contribution is -2.51. The fourth-order valence-corrected chi connectivity index (χ4v) is 3.72. The van der Waals surface area contributed by atoms with Crippen molar-refractivity contribution in [2.24, 2.45) is 5.92 Å². The number of hydrogen-bond acceptors (Lipinski definition) is 4. The first-order chi connectivity index (χ1) is 11.2. The molecule has 0 amide bonds. The highest BCUT2D eigenvalue weighted by Crippen LogP contribution is 2.29. The predicted molar refractivity (Wildman–Crippen MR) is 88.2 cm³/mol. The molecule has 1 heterocycles. The molecule has 1 aromatic rings. The lowest BCUT2D eigenvalue weighted by Gasteiger charge is -2.33. The first-order valence-corrected chi connectivity index (χ1v) is 8.69. The maximum Gasteiger partial charge on any atom is 0.126 e. The van der Waals surface area contributed by atoms with E-state index in [4.69, 9.17) is 9.47 Å². The highest BCUT2D eigenvalue weighted by molar-refractivity contribution is 5.22. The van der Waals surface area contributed by atoms with E-state index in [0.717, 1.165) is 26.3 Å². The Morgan fingerprint density at radius 1 is 1.43 bits per heavy atom. The van der Waals surface area contributed by atoms with Crippen molar-refractivity contribution in [3.63, 3.8) is 0 Å². The number of halogens is 1. The van der Waals surface area contributed by atoms with Crippen LogP contribution < -0.4 is 15.4 Å². The van der Waals surface area contributed by atoms with E-state index in [-0.39, 0.29) is 11.9 Å². The summed E-state index contributed by atoms with van der Waals surface area (Å²) in [6, 6.07) is 7.29. The Hall–Kier alpha value is -1.17. The van der Waals surface area contributed by atoms with Gasteiger partial charge in [-0.15, -0.1) is 0 Å². The van der Waals surface area contributed by atoms with Crippen LogP contribution in [-0.2, 0) is 4.74 Å². The fourth-order valence-electron chi connectivity index (χ4n) is 3.72. The third-order valence-corrected chi connectivity index (χ3v) is 4.84. The van der Waals surface area contributed by atoms with E-state index in [1.807, 2.05) is 6.92 Å². The molecule has 2 N–H and O–H groups in total. The molecule has 1 saturated carbocycles. The Kier molecular flexibility index (Phi) is 5.86. The van der Waals surface area contributed by atoms with Crippen LogP contribution >= 0.6 is 0 Å². The molecule has 0 bridgehead atoms. The van der Waals surface area contributed by atoms with E-state index >= 15 is 0 Å². The van der Waals surface area contributed by atoms with E-state index in [0.29, 0.717) is 23.8 Å². The summed E-state index contributed by atoms with van der Waals surface area (Å²) < 4.78 is 24.6. The molecule has 5 heteroatoms. The Morgan fingerprint density at radius 2 is 2.35 bits per heavy atom. The summed E-state index contributed by atoms with van der Waals surface area (Å²) in [7, 11) is 0. The quantitative estimate of drug-likeness (QED) is 0.844. The van der Waals surface area contributed by atoms with Crippen LogP contribution in [-0.4, -0.2) is 44.5 Å². The van der Waals surface area contributed by atoms with Crippen LogP contribution in [0.4, 0.5) is 4.39 Å². The minimum atomic E-state index is -0.262. The highest BCUT2D eigenvalue weighted by Gasteiger charge is 2.34. The number of ether oxygens (including phenoxy) is 2. The van der Waals surface area contributed by atoms with Crippen LogP contribution in [0.15, 0.2) is 24.3 Å². The second-order valence-corrected chi connectivity index (χ2v) is 6.63. The monoisotopic (exact) mass is 322 g/mol. The third-order valence-electron chi connectivity index (χ3n) is 4.84. The van der Waals surface area contributed by atoms with Gasteiger partial charge in [-0.3, -0.25) is 0 Å². The molecule has 1 aliphatic heterocycles. The van der Waals surface area contributed by atoms with Crippen molar-refractivity contribution < 1.29 is 13.9 Å². The molecule has 0 radical (unpaired) electrons. The smallest absolute Gasteiger partial charge is 0.126 e. The summed E-state index contributed by atoms with van der Waals surface area (Å²) in [5, 5.41) is 7.24. The number of benzene rings is 1. The molecular weight excluding hydrogens is 295 g/mol. The lowest BCUT2D eigenvalue weighted by molar-refractivity contribution is 0.0518. The van der Waals surface area contributed by atoms with Crippen LogP contribution in [0.2, 0.25) is 0 Å². The van der Waals surface area contributed by atoms with E-state index in [1.165, 1.54) is 31.4 Å². The number of hydrogen-bond donors (Lipinski definition) is 2. The molecule has 4 nitrogen and oxygen atoms in total. The second-order valence-electron chi connectivity index (χ2n) is 6.63. The van der Waals surface area contributed by atoms with Crippen LogP contribution in [0.25, 0.3) is 0 Å². The van der Waals surface area contributed by atoms with Crippen LogP contribution in [0.1, 0.15) is 26.2 Å². The van der Waals surface area contributed by atoms with Crippen molar-refractivity contribution in [3.05, 3.63) is 30.1 Å². The van der Waals surface area contributed by atoms with Gasteiger partial charge in [-0.05, 0) is 37.8 Å². The van der Waals surface area contributed by atoms with Gasteiger partial charge in [0.2, 0.25) is 0 Å². The molecule has 128 valence electrons. The van der Waals surface area contributed by atoms with Crippen molar-refractivity contribution in [2.45, 2.75) is 44.4 Å². The average Bonchev–Trinajstić information content (AvgIpc) is 3.02. The van der Waals surface area contributed by atoms with E-state index in [9.17, 15) is 4.39 Å². The molecule has 1 aromatic carbocycles. The Balaban J connectivity index is 1.46. The SMILES string of the molecule is CC(CNC1CCCC1C1COCCN1)Oc1cccc(F)c1. The van der Waals surface area contributed by atoms with Gasteiger partial charge in [-0.1, -0.05) is 12.5 Å². The molecular formula is C18H27FN2O2. The highest BCUT2D eigenvalue weighted by atomic mass is 19.1. The summed E-state index contributed by atoms with van der Waals surface area (Å²) in [5.41, 5.74) is 0. The molecule has 1 aliphatic carbocycles. The summed E-state index contributed by atoms with van der Waals surface area (Å²) in [4.78, 5) is 0. The zero-order valence-corrected chi connectivity index (χ0v) is 13.8. The number of morpholine rings is 1. The molecule has 1 saturated heterocycles. The number of rotatable bonds is 6. The van der Waals surface area contributed by atoms with Crippen LogP contribution in [0.5, 0.6) is 5.75 Å². The van der Waals surface area contributed by atoms with Gasteiger partial charge in [-0.2, -0.15) is 0 Å². The van der Waals surface area contributed by atoms with Gasteiger partial charge in [0.05, 0.1) is 13.2 Å². The van der Waals surface area contributed by atoms with Gasteiger partial charge in [0.15, 0.2) is 0 Å². The second kappa shape index (κ2) is 8.08. The van der Waals surface area contributed by atoms with E-state index in [2.05, 4.69) is 10.6 Å². The first-order valence-electron chi connectivity index (χ1n) is 8.69. The van der Waals surface area contributed by atoms with E-state index < -0.39 is 0 Å². The van der Waals surface area contributed by atoms with Crippen molar-refractivity contribution in [2.75, 3.05) is 26.3 Å². The largest absolute Gasteiger partial charge is 0.489 e. The molecule has 23 heavy (non-hydrogen) atoms. The lowest BCUT2D eigenvalue weighted by atomic mass is 9.94. The zero-order chi connectivity index (χ0) is 16.1. The van der Waals surface area contributed by atoms with Crippen LogP contribution in [0, 0.1) is 11.7 Å². The summed E-state index contributed by atoms with van der Waals surface area (Å²) in [5.74, 6) is 0.947. The van der Waals surface area contributed by atoms with Crippen molar-refractivity contribution in [3.8, 4) is 5.75 Å². The van der Waals surface area contributed by atoms with Gasteiger partial charge < -0.3 is 20.1 Å². The Labute approximate surface area is 137 Å². The van der Waals surface area contributed by atoms with Gasteiger partial charge in [0.1, 0.15) is 17.7 Å². The van der Waals surface area contributed by atoms with Crippen molar-refractivity contribution >= 4 is 0 Å². The predicted octanol–water partition coefficient (Wildman–Crippen LogP) is 2.34. The normalized spacial score (nSPS) is 29.4. The van der Waals surface area contributed by atoms with Gasteiger partial charge in [0.25, 0.3) is 0 Å². The van der Waals surface area contributed by atoms with Gasteiger partial charge in [0, 0.05) is 31.2 Å². The Morgan fingerprint density at radius 3 is 3.13 bits per heavy atom. The molecule has 3 rings (SSSR count).